The number of carbonyl (C=O) groups excluding carboxylic acids is 1. The number of hydrogen-bond donors (Lipinski definition) is 0. The van der Waals surface area contributed by atoms with Crippen LogP contribution in [0.4, 0.5) is 13.2 Å². The van der Waals surface area contributed by atoms with Crippen LogP contribution in [0.5, 0.6) is 11.5 Å². The smallest absolute Gasteiger partial charge is 0.476 e. The van der Waals surface area contributed by atoms with E-state index in [9.17, 15) is 22.8 Å². The molecule has 0 aliphatic heterocycles. The minimum Gasteiger partial charge on any atom is -0.476 e. The zero-order valence-corrected chi connectivity index (χ0v) is 20.8. The molecule has 0 saturated heterocycles. The number of benzene rings is 2. The zero-order valence-electron chi connectivity index (χ0n) is 20.8. The second-order valence-corrected chi connectivity index (χ2v) is 8.76. The van der Waals surface area contributed by atoms with Crippen LogP contribution in [0.15, 0.2) is 47.5 Å². The van der Waals surface area contributed by atoms with Gasteiger partial charge in [-0.3, -0.25) is 0 Å². The first-order valence-electron chi connectivity index (χ1n) is 11.2. The number of aryl methyl sites for hydroxylation is 2. The molecule has 0 aliphatic carbocycles. The Bertz CT molecular complexity index is 1270. The van der Waals surface area contributed by atoms with E-state index < -0.39 is 29.7 Å². The van der Waals surface area contributed by atoms with Crippen LogP contribution in [0.1, 0.15) is 50.4 Å². The summed E-state index contributed by atoms with van der Waals surface area (Å²) >= 11 is 0. The molecule has 0 fully saturated rings. The van der Waals surface area contributed by atoms with Crippen LogP contribution in [0.3, 0.4) is 0 Å². The van der Waals surface area contributed by atoms with Crippen molar-refractivity contribution >= 4 is 5.97 Å². The molecule has 0 amide bonds. The van der Waals surface area contributed by atoms with Crippen LogP contribution in [-0.4, -0.2) is 38.9 Å². The average Bonchev–Trinajstić information content (AvgIpc) is 3.16. The monoisotopic (exact) mass is 507 g/mol. The first-order chi connectivity index (χ1) is 16.7. The molecule has 3 rings (SSSR count). The third-order valence-corrected chi connectivity index (χ3v) is 5.50. The Morgan fingerprint density at radius 2 is 1.64 bits per heavy atom. The number of halogens is 3. The van der Waals surface area contributed by atoms with Gasteiger partial charge >= 0.3 is 18.0 Å². The maximum absolute atomic E-state index is 13.0. The molecule has 8 nitrogen and oxygen atoms in total. The van der Waals surface area contributed by atoms with E-state index >= 15 is 0 Å². The molecule has 0 N–H and O–H groups in total. The highest BCUT2D eigenvalue weighted by atomic mass is 19.4. The highest BCUT2D eigenvalue weighted by Gasteiger charge is 2.33. The molecule has 36 heavy (non-hydrogen) atoms. The summed E-state index contributed by atoms with van der Waals surface area (Å²) in [5.74, 6) is -0.321. The topological polar surface area (TPSA) is 84.6 Å². The summed E-state index contributed by atoms with van der Waals surface area (Å²) in [6, 6.07) is 8.16. The number of rotatable bonds is 8. The highest BCUT2D eigenvalue weighted by molar-refractivity contribution is 5.79. The minimum atomic E-state index is -4.80. The lowest BCUT2D eigenvalue weighted by molar-refractivity contribution is -0.274. The summed E-state index contributed by atoms with van der Waals surface area (Å²) in [5.41, 5.74) is 1.00. The predicted molar refractivity (Wildman–Crippen MR) is 126 cm³/mol. The van der Waals surface area contributed by atoms with E-state index in [1.165, 1.54) is 27.7 Å². The van der Waals surface area contributed by atoms with Gasteiger partial charge in [0.15, 0.2) is 5.60 Å². The lowest BCUT2D eigenvalue weighted by atomic mass is 10.0. The fourth-order valence-corrected chi connectivity index (χ4v) is 3.70. The Kier molecular flexibility index (Phi) is 7.51. The minimum absolute atomic E-state index is 0.243. The number of esters is 1. The van der Waals surface area contributed by atoms with Crippen molar-refractivity contribution < 1.29 is 32.2 Å². The van der Waals surface area contributed by atoms with E-state index in [-0.39, 0.29) is 12.4 Å². The highest BCUT2D eigenvalue weighted by Crippen LogP contribution is 2.31. The second-order valence-electron chi connectivity index (χ2n) is 8.76. The van der Waals surface area contributed by atoms with Crippen molar-refractivity contribution in [2.24, 2.45) is 0 Å². The Morgan fingerprint density at radius 3 is 2.17 bits per heavy atom. The van der Waals surface area contributed by atoms with Gasteiger partial charge in [0, 0.05) is 0 Å². The van der Waals surface area contributed by atoms with Gasteiger partial charge in [-0.2, -0.15) is 5.10 Å². The molecule has 1 aromatic heterocycles. The Hall–Kier alpha value is -3.76. The summed E-state index contributed by atoms with van der Waals surface area (Å²) in [5, 5.41) is 4.20. The van der Waals surface area contributed by atoms with Gasteiger partial charge in [0.2, 0.25) is 0 Å². The number of ether oxygens (including phenoxy) is 3. The van der Waals surface area contributed by atoms with Gasteiger partial charge in [-0.05, 0) is 82.5 Å². The fourth-order valence-electron chi connectivity index (χ4n) is 3.70. The van der Waals surface area contributed by atoms with Gasteiger partial charge in [0.05, 0.1) is 18.3 Å². The standard InChI is InChI=1S/C25H28F3N3O5/c1-7-34-22(32)24(5,6)36-21-15(2)12-18(13-16(21)3)17(4)31-23(33)30(14-29-31)19-8-10-20(11-9-19)35-25(26,27)28/h8-14,17H,7H2,1-6H3. The Labute approximate surface area is 206 Å². The van der Waals surface area contributed by atoms with E-state index in [0.29, 0.717) is 11.4 Å². The van der Waals surface area contributed by atoms with Crippen LogP contribution < -0.4 is 15.2 Å². The normalized spacial score (nSPS) is 12.8. The van der Waals surface area contributed by atoms with Crippen molar-refractivity contribution in [3.63, 3.8) is 0 Å². The lowest BCUT2D eigenvalue weighted by Crippen LogP contribution is -2.40. The second kappa shape index (κ2) is 10.1. The van der Waals surface area contributed by atoms with Crippen molar-refractivity contribution in [1.29, 1.82) is 0 Å². The van der Waals surface area contributed by atoms with E-state index in [1.807, 2.05) is 26.0 Å². The molecule has 0 radical (unpaired) electrons. The van der Waals surface area contributed by atoms with Crippen molar-refractivity contribution in [3.8, 4) is 17.2 Å². The molecule has 194 valence electrons. The van der Waals surface area contributed by atoms with Crippen molar-refractivity contribution in [3.05, 3.63) is 69.9 Å². The molecule has 1 heterocycles. The molecule has 0 spiro atoms. The van der Waals surface area contributed by atoms with Crippen LogP contribution in [-0.2, 0) is 9.53 Å². The number of aromatic nitrogens is 3. The van der Waals surface area contributed by atoms with E-state index in [2.05, 4.69) is 9.84 Å². The zero-order chi connectivity index (χ0) is 26.8. The van der Waals surface area contributed by atoms with E-state index in [4.69, 9.17) is 9.47 Å². The first kappa shape index (κ1) is 26.8. The predicted octanol–water partition coefficient (Wildman–Crippen LogP) is 4.88. The molecule has 3 aromatic rings. The summed E-state index contributed by atoms with van der Waals surface area (Å²) in [6.45, 7) is 10.7. The fraction of sp³-hybridized carbons (Fsp3) is 0.400. The van der Waals surface area contributed by atoms with Crippen LogP contribution >= 0.6 is 0 Å². The quantitative estimate of drug-likeness (QED) is 0.404. The largest absolute Gasteiger partial charge is 0.573 e. The Morgan fingerprint density at radius 1 is 1.06 bits per heavy atom. The van der Waals surface area contributed by atoms with Crippen molar-refractivity contribution in [2.75, 3.05) is 6.61 Å². The summed E-state index contributed by atoms with van der Waals surface area (Å²) in [6.07, 6.45) is -3.50. The van der Waals surface area contributed by atoms with Gasteiger partial charge in [-0.1, -0.05) is 12.1 Å². The molecule has 1 unspecified atom stereocenters. The van der Waals surface area contributed by atoms with Gasteiger partial charge in [0.25, 0.3) is 0 Å². The van der Waals surface area contributed by atoms with E-state index in [1.54, 1.807) is 27.7 Å². The number of alkyl halides is 3. The van der Waals surface area contributed by atoms with Gasteiger partial charge < -0.3 is 14.2 Å². The van der Waals surface area contributed by atoms with Gasteiger partial charge in [-0.15, -0.1) is 13.2 Å². The molecule has 2 aromatic carbocycles. The molecule has 1 atom stereocenters. The summed E-state index contributed by atoms with van der Waals surface area (Å²) in [4.78, 5) is 25.3. The Balaban J connectivity index is 1.86. The van der Waals surface area contributed by atoms with Gasteiger partial charge in [-0.25, -0.2) is 18.8 Å². The van der Waals surface area contributed by atoms with Crippen LogP contribution in [0.2, 0.25) is 0 Å². The summed E-state index contributed by atoms with van der Waals surface area (Å²) in [7, 11) is 0. The molecule has 0 saturated carbocycles. The number of nitrogens with zero attached hydrogens (tertiary/aromatic N) is 3. The van der Waals surface area contributed by atoms with Gasteiger partial charge in [0.1, 0.15) is 17.8 Å². The van der Waals surface area contributed by atoms with Crippen LogP contribution in [0, 0.1) is 13.8 Å². The third kappa shape index (κ3) is 5.89. The molecule has 0 bridgehead atoms. The number of hydrogen-bond acceptors (Lipinski definition) is 6. The molecular formula is C25H28F3N3O5. The molecule has 11 heteroatoms. The molecular weight excluding hydrogens is 479 g/mol. The molecule has 0 aliphatic rings. The van der Waals surface area contributed by atoms with Crippen LogP contribution in [0.25, 0.3) is 5.69 Å². The third-order valence-electron chi connectivity index (χ3n) is 5.50. The first-order valence-corrected chi connectivity index (χ1v) is 11.2. The SMILES string of the molecule is CCOC(=O)C(C)(C)Oc1c(C)cc(C(C)n2ncn(-c3ccc(OC(F)(F)F)cc3)c2=O)cc1C. The average molecular weight is 508 g/mol. The maximum atomic E-state index is 13.0. The van der Waals surface area contributed by atoms with Crippen molar-refractivity contribution in [2.45, 2.75) is 59.5 Å². The summed E-state index contributed by atoms with van der Waals surface area (Å²) < 4.78 is 54.6. The van der Waals surface area contributed by atoms with Crippen molar-refractivity contribution in [1.82, 2.24) is 14.3 Å². The van der Waals surface area contributed by atoms with E-state index in [0.717, 1.165) is 28.8 Å². The number of carbonyl (C=O) groups is 1. The lowest BCUT2D eigenvalue weighted by Gasteiger charge is -2.27. The maximum Gasteiger partial charge on any atom is 0.573 e.